The van der Waals surface area contributed by atoms with Gasteiger partial charge in [-0.2, -0.15) is 0 Å². The molecule has 0 saturated carbocycles. The summed E-state index contributed by atoms with van der Waals surface area (Å²) in [4.78, 5) is 16.0. The summed E-state index contributed by atoms with van der Waals surface area (Å²) in [5.74, 6) is -0.142. The lowest BCUT2D eigenvalue weighted by molar-refractivity contribution is 0.102. The van der Waals surface area contributed by atoms with Crippen LogP contribution in [0.25, 0.3) is 0 Å². The minimum atomic E-state index is -0.142. The van der Waals surface area contributed by atoms with Gasteiger partial charge in [0, 0.05) is 15.7 Å². The first kappa shape index (κ1) is 11.8. The zero-order valence-electron chi connectivity index (χ0n) is 9.27. The van der Waals surface area contributed by atoms with Crippen LogP contribution in [0, 0.1) is 6.92 Å². The Kier molecular flexibility index (Phi) is 3.54. The second kappa shape index (κ2) is 5.10. The van der Waals surface area contributed by atoms with Crippen molar-refractivity contribution in [1.82, 2.24) is 4.98 Å². The summed E-state index contributed by atoms with van der Waals surface area (Å²) in [5.41, 5.74) is 2.23. The summed E-state index contributed by atoms with van der Waals surface area (Å²) in [6.45, 7) is 1.90. The Morgan fingerprint density at radius 3 is 2.76 bits per heavy atom. The SMILES string of the molecule is Cc1ccc(NC(=O)c2cccc(Br)c2)cn1. The topological polar surface area (TPSA) is 42.0 Å². The highest BCUT2D eigenvalue weighted by Crippen LogP contribution is 2.13. The van der Waals surface area contributed by atoms with Crippen molar-refractivity contribution in [2.45, 2.75) is 6.92 Å². The minimum absolute atomic E-state index is 0.142. The Bertz CT molecular complexity index is 537. The number of nitrogens with one attached hydrogen (secondary N) is 1. The number of nitrogens with zero attached hydrogens (tertiary/aromatic N) is 1. The van der Waals surface area contributed by atoms with Gasteiger partial charge >= 0.3 is 0 Å². The van der Waals surface area contributed by atoms with E-state index in [0.29, 0.717) is 11.3 Å². The fourth-order valence-electron chi connectivity index (χ4n) is 1.37. The molecule has 0 saturated heterocycles. The van der Waals surface area contributed by atoms with Gasteiger partial charge in [0.2, 0.25) is 0 Å². The van der Waals surface area contributed by atoms with Gasteiger partial charge in [-0.25, -0.2) is 0 Å². The maximum absolute atomic E-state index is 11.9. The van der Waals surface area contributed by atoms with Gasteiger partial charge in [0.05, 0.1) is 11.9 Å². The third-order valence-electron chi connectivity index (χ3n) is 2.26. The van der Waals surface area contributed by atoms with Gasteiger partial charge in [-0.05, 0) is 37.3 Å². The number of rotatable bonds is 2. The van der Waals surface area contributed by atoms with E-state index < -0.39 is 0 Å². The zero-order valence-corrected chi connectivity index (χ0v) is 10.9. The molecule has 0 aliphatic rings. The van der Waals surface area contributed by atoms with Gasteiger partial charge < -0.3 is 5.32 Å². The van der Waals surface area contributed by atoms with Crippen LogP contribution in [0.5, 0.6) is 0 Å². The van der Waals surface area contributed by atoms with Crippen molar-refractivity contribution < 1.29 is 4.79 Å². The first-order valence-electron chi connectivity index (χ1n) is 5.15. The van der Waals surface area contributed by atoms with Gasteiger partial charge in [0.25, 0.3) is 5.91 Å². The summed E-state index contributed by atoms with van der Waals surface area (Å²) >= 11 is 3.33. The summed E-state index contributed by atoms with van der Waals surface area (Å²) in [7, 11) is 0. The molecule has 2 aromatic rings. The number of halogens is 1. The number of pyridine rings is 1. The number of carbonyl (C=O) groups is 1. The fraction of sp³-hybridized carbons (Fsp3) is 0.0769. The molecular formula is C13H11BrN2O. The lowest BCUT2D eigenvalue weighted by atomic mass is 10.2. The van der Waals surface area contributed by atoms with Crippen LogP contribution in [0.1, 0.15) is 16.1 Å². The van der Waals surface area contributed by atoms with E-state index in [1.165, 1.54) is 0 Å². The molecule has 0 aliphatic heterocycles. The Hall–Kier alpha value is -1.68. The highest BCUT2D eigenvalue weighted by Gasteiger charge is 2.06. The molecule has 0 aliphatic carbocycles. The Balaban J connectivity index is 2.14. The summed E-state index contributed by atoms with van der Waals surface area (Å²) in [5, 5.41) is 2.79. The lowest BCUT2D eigenvalue weighted by Crippen LogP contribution is -2.11. The Morgan fingerprint density at radius 2 is 2.12 bits per heavy atom. The molecule has 4 heteroatoms. The van der Waals surface area contributed by atoms with E-state index in [-0.39, 0.29) is 5.91 Å². The van der Waals surface area contributed by atoms with Crippen molar-refractivity contribution in [1.29, 1.82) is 0 Å². The molecule has 1 amide bonds. The predicted octanol–water partition coefficient (Wildman–Crippen LogP) is 3.40. The number of hydrogen-bond acceptors (Lipinski definition) is 2. The normalized spacial score (nSPS) is 10.0. The molecule has 0 bridgehead atoms. The molecule has 1 aromatic carbocycles. The van der Waals surface area contributed by atoms with Crippen LogP contribution in [0.2, 0.25) is 0 Å². The van der Waals surface area contributed by atoms with Crippen molar-refractivity contribution in [3.8, 4) is 0 Å². The summed E-state index contributed by atoms with van der Waals surface area (Å²) in [6.07, 6.45) is 1.64. The number of aryl methyl sites for hydroxylation is 1. The molecule has 3 nitrogen and oxygen atoms in total. The standard InChI is InChI=1S/C13H11BrN2O/c1-9-5-6-12(8-15-9)16-13(17)10-3-2-4-11(14)7-10/h2-8H,1H3,(H,16,17). The van der Waals surface area contributed by atoms with E-state index >= 15 is 0 Å². The van der Waals surface area contributed by atoms with Crippen LogP contribution < -0.4 is 5.32 Å². The number of carbonyl (C=O) groups excluding carboxylic acids is 1. The zero-order chi connectivity index (χ0) is 12.3. The van der Waals surface area contributed by atoms with Crippen molar-refractivity contribution in [3.63, 3.8) is 0 Å². The van der Waals surface area contributed by atoms with Gasteiger partial charge in [0.15, 0.2) is 0 Å². The predicted molar refractivity (Wildman–Crippen MR) is 71.1 cm³/mol. The molecule has 0 spiro atoms. The molecule has 0 fully saturated rings. The molecule has 0 atom stereocenters. The summed E-state index contributed by atoms with van der Waals surface area (Å²) in [6, 6.07) is 10.9. The molecule has 0 unspecified atom stereocenters. The highest BCUT2D eigenvalue weighted by molar-refractivity contribution is 9.10. The quantitative estimate of drug-likeness (QED) is 0.921. The number of anilines is 1. The van der Waals surface area contributed by atoms with Crippen LogP contribution in [-0.2, 0) is 0 Å². The number of aromatic nitrogens is 1. The second-order valence-electron chi connectivity index (χ2n) is 3.65. The van der Waals surface area contributed by atoms with E-state index in [1.807, 2.05) is 31.2 Å². The van der Waals surface area contributed by atoms with E-state index in [9.17, 15) is 4.79 Å². The van der Waals surface area contributed by atoms with E-state index in [0.717, 1.165) is 10.2 Å². The number of hydrogen-bond donors (Lipinski definition) is 1. The largest absolute Gasteiger partial charge is 0.321 e. The van der Waals surface area contributed by atoms with Crippen LogP contribution in [0.15, 0.2) is 47.1 Å². The lowest BCUT2D eigenvalue weighted by Gasteiger charge is -2.05. The van der Waals surface area contributed by atoms with Gasteiger partial charge in [-0.3, -0.25) is 9.78 Å². The average molecular weight is 291 g/mol. The Morgan fingerprint density at radius 1 is 1.29 bits per heavy atom. The van der Waals surface area contributed by atoms with Crippen molar-refractivity contribution in [2.24, 2.45) is 0 Å². The number of amides is 1. The summed E-state index contributed by atoms with van der Waals surface area (Å²) < 4.78 is 0.882. The van der Waals surface area contributed by atoms with E-state index in [1.54, 1.807) is 18.3 Å². The maximum atomic E-state index is 11.9. The van der Waals surface area contributed by atoms with Crippen molar-refractivity contribution in [2.75, 3.05) is 5.32 Å². The molecule has 0 radical (unpaired) electrons. The van der Waals surface area contributed by atoms with E-state index in [4.69, 9.17) is 0 Å². The third-order valence-corrected chi connectivity index (χ3v) is 2.75. The van der Waals surface area contributed by atoms with Gasteiger partial charge in [0.1, 0.15) is 0 Å². The maximum Gasteiger partial charge on any atom is 0.255 e. The van der Waals surface area contributed by atoms with E-state index in [2.05, 4.69) is 26.2 Å². The second-order valence-corrected chi connectivity index (χ2v) is 4.57. The molecule has 2 rings (SSSR count). The van der Waals surface area contributed by atoms with Crippen molar-refractivity contribution in [3.05, 3.63) is 58.3 Å². The third kappa shape index (κ3) is 3.14. The monoisotopic (exact) mass is 290 g/mol. The van der Waals surface area contributed by atoms with Gasteiger partial charge in [-0.15, -0.1) is 0 Å². The molecule has 86 valence electrons. The minimum Gasteiger partial charge on any atom is -0.321 e. The molecule has 1 heterocycles. The molecule has 1 N–H and O–H groups in total. The first-order valence-corrected chi connectivity index (χ1v) is 5.94. The van der Waals surface area contributed by atoms with Crippen LogP contribution in [0.4, 0.5) is 5.69 Å². The Labute approximate surface area is 108 Å². The molecule has 17 heavy (non-hydrogen) atoms. The smallest absolute Gasteiger partial charge is 0.255 e. The molecule has 1 aromatic heterocycles. The van der Waals surface area contributed by atoms with Crippen LogP contribution in [0.3, 0.4) is 0 Å². The van der Waals surface area contributed by atoms with Crippen LogP contribution >= 0.6 is 15.9 Å². The fourth-order valence-corrected chi connectivity index (χ4v) is 1.77. The van der Waals surface area contributed by atoms with Crippen LogP contribution in [-0.4, -0.2) is 10.9 Å². The average Bonchev–Trinajstić information content (AvgIpc) is 2.32. The first-order chi connectivity index (χ1) is 8.15. The van der Waals surface area contributed by atoms with Gasteiger partial charge in [-0.1, -0.05) is 22.0 Å². The van der Waals surface area contributed by atoms with Crippen molar-refractivity contribution >= 4 is 27.5 Å². The molecular weight excluding hydrogens is 280 g/mol. The number of benzene rings is 1. The highest BCUT2D eigenvalue weighted by atomic mass is 79.9.